The van der Waals surface area contributed by atoms with E-state index in [-0.39, 0.29) is 17.4 Å². The monoisotopic (exact) mass is 237 g/mol. The van der Waals surface area contributed by atoms with E-state index in [2.05, 4.69) is 17.5 Å². The van der Waals surface area contributed by atoms with Gasteiger partial charge in [0.25, 0.3) is 5.91 Å². The minimum absolute atomic E-state index is 0.168. The summed E-state index contributed by atoms with van der Waals surface area (Å²) in [4.78, 5) is 13.8. The van der Waals surface area contributed by atoms with Gasteiger partial charge in [-0.05, 0) is 24.3 Å². The predicted molar refractivity (Wildman–Crippen MR) is 69.9 cm³/mol. The number of hydrogen-bond donors (Lipinski definition) is 2. The standard InChI is InChI=1S/C11H15N3OS/c1-14(2)9-5-3-8(4-6-9)11(15)13-7-10(12)16/h3-6H,7H2,1-2H3,(H2,12,16)(H,13,15). The van der Waals surface area contributed by atoms with Gasteiger partial charge in [0.1, 0.15) is 0 Å². The average molecular weight is 237 g/mol. The molecule has 0 radical (unpaired) electrons. The van der Waals surface area contributed by atoms with E-state index < -0.39 is 0 Å². The SMILES string of the molecule is CN(C)c1ccc(C(=O)NCC(N)=S)cc1. The molecule has 86 valence electrons. The molecule has 1 rings (SSSR count). The van der Waals surface area contributed by atoms with Crippen LogP contribution in [0.15, 0.2) is 24.3 Å². The fourth-order valence-corrected chi connectivity index (χ4v) is 1.25. The van der Waals surface area contributed by atoms with Crippen molar-refractivity contribution in [2.45, 2.75) is 0 Å². The number of anilines is 1. The minimum Gasteiger partial charge on any atom is -0.392 e. The van der Waals surface area contributed by atoms with Crippen molar-refractivity contribution in [3.63, 3.8) is 0 Å². The van der Waals surface area contributed by atoms with Gasteiger partial charge >= 0.3 is 0 Å². The van der Waals surface area contributed by atoms with E-state index in [1.165, 1.54) is 0 Å². The first-order valence-electron chi connectivity index (χ1n) is 4.84. The van der Waals surface area contributed by atoms with Crippen molar-refractivity contribution < 1.29 is 4.79 Å². The molecule has 0 bridgehead atoms. The number of amides is 1. The molecule has 1 aromatic carbocycles. The first-order valence-corrected chi connectivity index (χ1v) is 5.25. The molecule has 0 heterocycles. The lowest BCUT2D eigenvalue weighted by Crippen LogP contribution is -2.32. The molecule has 0 saturated carbocycles. The Morgan fingerprint density at radius 1 is 1.38 bits per heavy atom. The molecule has 5 heteroatoms. The summed E-state index contributed by atoms with van der Waals surface area (Å²) in [5.41, 5.74) is 6.94. The second-order valence-electron chi connectivity index (χ2n) is 3.59. The molecule has 0 saturated heterocycles. The van der Waals surface area contributed by atoms with Gasteiger partial charge in [-0.15, -0.1) is 0 Å². The second-order valence-corrected chi connectivity index (χ2v) is 4.11. The van der Waals surface area contributed by atoms with Gasteiger partial charge in [-0.1, -0.05) is 12.2 Å². The van der Waals surface area contributed by atoms with E-state index >= 15 is 0 Å². The summed E-state index contributed by atoms with van der Waals surface area (Å²) in [7, 11) is 3.89. The minimum atomic E-state index is -0.168. The third-order valence-corrected chi connectivity index (χ3v) is 2.21. The highest BCUT2D eigenvalue weighted by Gasteiger charge is 2.05. The average Bonchev–Trinajstić information content (AvgIpc) is 2.26. The molecule has 0 aromatic heterocycles. The van der Waals surface area contributed by atoms with Crippen molar-refractivity contribution in [3.8, 4) is 0 Å². The normalized spacial score (nSPS) is 9.62. The summed E-state index contributed by atoms with van der Waals surface area (Å²) in [6.45, 7) is 0.226. The van der Waals surface area contributed by atoms with Crippen LogP contribution in [-0.4, -0.2) is 31.5 Å². The lowest BCUT2D eigenvalue weighted by Gasteiger charge is -2.12. The first kappa shape index (κ1) is 12.4. The molecule has 0 spiro atoms. The van der Waals surface area contributed by atoms with Crippen LogP contribution in [0, 0.1) is 0 Å². The third-order valence-electron chi connectivity index (χ3n) is 2.07. The zero-order valence-electron chi connectivity index (χ0n) is 9.36. The highest BCUT2D eigenvalue weighted by Crippen LogP contribution is 2.11. The smallest absolute Gasteiger partial charge is 0.251 e. The fourth-order valence-electron chi connectivity index (χ4n) is 1.18. The summed E-state index contributed by atoms with van der Waals surface area (Å²) in [6, 6.07) is 7.31. The van der Waals surface area contributed by atoms with E-state index in [9.17, 15) is 4.79 Å². The van der Waals surface area contributed by atoms with Gasteiger partial charge in [0, 0.05) is 25.3 Å². The Hall–Kier alpha value is -1.62. The molecule has 1 amide bonds. The Bertz CT molecular complexity index is 387. The van der Waals surface area contributed by atoms with E-state index in [1.807, 2.05) is 31.1 Å². The predicted octanol–water partition coefficient (Wildman–Crippen LogP) is 0.769. The van der Waals surface area contributed by atoms with Crippen LogP contribution in [-0.2, 0) is 0 Å². The molecule has 4 nitrogen and oxygen atoms in total. The van der Waals surface area contributed by atoms with Gasteiger partial charge in [-0.25, -0.2) is 0 Å². The van der Waals surface area contributed by atoms with E-state index in [4.69, 9.17) is 5.73 Å². The number of thiocarbonyl (C=S) groups is 1. The number of hydrogen-bond acceptors (Lipinski definition) is 3. The van der Waals surface area contributed by atoms with Gasteiger partial charge in [-0.3, -0.25) is 4.79 Å². The molecule has 3 N–H and O–H groups in total. The zero-order chi connectivity index (χ0) is 12.1. The molecule has 0 fully saturated rings. The third kappa shape index (κ3) is 3.51. The fraction of sp³-hybridized carbons (Fsp3) is 0.273. The summed E-state index contributed by atoms with van der Waals surface area (Å²) in [6.07, 6.45) is 0. The Kier molecular flexibility index (Phi) is 4.25. The second kappa shape index (κ2) is 5.46. The Morgan fingerprint density at radius 3 is 2.38 bits per heavy atom. The van der Waals surface area contributed by atoms with Gasteiger partial charge in [-0.2, -0.15) is 0 Å². The van der Waals surface area contributed by atoms with Crippen LogP contribution in [0.4, 0.5) is 5.69 Å². The maximum Gasteiger partial charge on any atom is 0.251 e. The van der Waals surface area contributed by atoms with Crippen LogP contribution in [0.25, 0.3) is 0 Å². The van der Waals surface area contributed by atoms with E-state index in [0.717, 1.165) is 5.69 Å². The lowest BCUT2D eigenvalue weighted by atomic mass is 10.2. The van der Waals surface area contributed by atoms with Gasteiger partial charge in [0.05, 0.1) is 11.5 Å². The first-order chi connectivity index (χ1) is 7.50. The van der Waals surface area contributed by atoms with E-state index in [0.29, 0.717) is 5.56 Å². The van der Waals surface area contributed by atoms with Crippen molar-refractivity contribution >= 4 is 28.8 Å². The number of benzene rings is 1. The van der Waals surface area contributed by atoms with Crippen molar-refractivity contribution in [2.75, 3.05) is 25.5 Å². The van der Waals surface area contributed by atoms with Crippen molar-refractivity contribution in [1.29, 1.82) is 0 Å². The number of nitrogens with one attached hydrogen (secondary N) is 1. The molecule has 16 heavy (non-hydrogen) atoms. The van der Waals surface area contributed by atoms with Crippen molar-refractivity contribution in [3.05, 3.63) is 29.8 Å². The maximum atomic E-state index is 11.6. The Balaban J connectivity index is 2.66. The topological polar surface area (TPSA) is 58.4 Å². The quantitative estimate of drug-likeness (QED) is 0.759. The Morgan fingerprint density at radius 2 is 1.94 bits per heavy atom. The van der Waals surface area contributed by atoms with Crippen LogP contribution in [0.2, 0.25) is 0 Å². The highest BCUT2D eigenvalue weighted by molar-refractivity contribution is 7.80. The van der Waals surface area contributed by atoms with Crippen LogP contribution >= 0.6 is 12.2 Å². The summed E-state index contributed by atoms with van der Waals surface area (Å²) < 4.78 is 0. The summed E-state index contributed by atoms with van der Waals surface area (Å²) in [5.74, 6) is -0.168. The van der Waals surface area contributed by atoms with Crippen molar-refractivity contribution in [1.82, 2.24) is 5.32 Å². The molecular weight excluding hydrogens is 222 g/mol. The molecular formula is C11H15N3OS. The molecule has 1 aromatic rings. The Labute approximate surface area is 100 Å². The molecule has 0 unspecified atom stereocenters. The number of carbonyl (C=O) groups is 1. The molecule has 0 aliphatic rings. The van der Waals surface area contributed by atoms with Gasteiger partial charge in [0.15, 0.2) is 0 Å². The number of nitrogens with two attached hydrogens (primary N) is 1. The lowest BCUT2D eigenvalue weighted by molar-refractivity contribution is 0.0959. The van der Waals surface area contributed by atoms with Crippen LogP contribution in [0.1, 0.15) is 10.4 Å². The van der Waals surface area contributed by atoms with E-state index in [1.54, 1.807) is 12.1 Å². The molecule has 0 aliphatic carbocycles. The number of carbonyl (C=O) groups excluding carboxylic acids is 1. The summed E-state index contributed by atoms with van der Waals surface area (Å²) >= 11 is 4.68. The zero-order valence-corrected chi connectivity index (χ0v) is 10.2. The molecule has 0 aliphatic heterocycles. The van der Waals surface area contributed by atoms with Crippen LogP contribution in [0.3, 0.4) is 0 Å². The highest BCUT2D eigenvalue weighted by atomic mass is 32.1. The van der Waals surface area contributed by atoms with Crippen LogP contribution < -0.4 is 16.0 Å². The van der Waals surface area contributed by atoms with Crippen molar-refractivity contribution in [2.24, 2.45) is 5.73 Å². The maximum absolute atomic E-state index is 11.6. The largest absolute Gasteiger partial charge is 0.392 e. The van der Waals surface area contributed by atoms with Gasteiger partial charge < -0.3 is 16.0 Å². The molecule has 0 atom stereocenters. The number of rotatable bonds is 4. The van der Waals surface area contributed by atoms with Crippen LogP contribution in [0.5, 0.6) is 0 Å². The summed E-state index contributed by atoms with van der Waals surface area (Å²) in [5, 5.41) is 2.63. The number of nitrogens with zero attached hydrogens (tertiary/aromatic N) is 1. The van der Waals surface area contributed by atoms with Gasteiger partial charge in [0.2, 0.25) is 0 Å².